The topological polar surface area (TPSA) is 70.2 Å². The van der Waals surface area contributed by atoms with Gasteiger partial charge in [0.15, 0.2) is 0 Å². The molecule has 2 saturated carbocycles. The minimum atomic E-state index is -0.136. The Morgan fingerprint density at radius 3 is 2.39 bits per heavy atom. The maximum absolute atomic E-state index is 12.6. The van der Waals surface area contributed by atoms with E-state index in [2.05, 4.69) is 28.1 Å². The summed E-state index contributed by atoms with van der Waals surface area (Å²) < 4.78 is 0. The summed E-state index contributed by atoms with van der Waals surface area (Å²) in [5.74, 6) is 1.04. The fourth-order valence-electron chi connectivity index (χ4n) is 5.03. The van der Waals surface area contributed by atoms with E-state index >= 15 is 0 Å². The predicted octanol–water partition coefficient (Wildman–Crippen LogP) is 2.68. The summed E-state index contributed by atoms with van der Waals surface area (Å²) in [6.45, 7) is 1.49. The molecule has 3 N–H and O–H groups in total. The summed E-state index contributed by atoms with van der Waals surface area (Å²) in [6, 6.07) is 8.61. The van der Waals surface area contributed by atoms with Gasteiger partial charge in [-0.1, -0.05) is 37.1 Å². The van der Waals surface area contributed by atoms with Crippen molar-refractivity contribution in [3.63, 3.8) is 0 Å². The van der Waals surface area contributed by atoms with Gasteiger partial charge in [-0.05, 0) is 62.0 Å². The number of carbonyl (C=O) groups is 2. The number of hydrogen-bond acceptors (Lipinski definition) is 3. The van der Waals surface area contributed by atoms with E-state index in [1.54, 1.807) is 0 Å². The van der Waals surface area contributed by atoms with Gasteiger partial charge in [-0.25, -0.2) is 0 Å². The van der Waals surface area contributed by atoms with Crippen LogP contribution in [-0.4, -0.2) is 30.4 Å². The highest BCUT2D eigenvalue weighted by atomic mass is 16.2. The van der Waals surface area contributed by atoms with Gasteiger partial charge in [0, 0.05) is 25.0 Å². The summed E-state index contributed by atoms with van der Waals surface area (Å²) in [6.07, 6.45) is 9.52. The zero-order valence-electron chi connectivity index (χ0n) is 16.7. The van der Waals surface area contributed by atoms with E-state index < -0.39 is 0 Å². The number of benzene rings is 1. The summed E-state index contributed by atoms with van der Waals surface area (Å²) in [5.41, 5.74) is 2.57. The van der Waals surface area contributed by atoms with E-state index in [-0.39, 0.29) is 23.8 Å². The Labute approximate surface area is 168 Å². The van der Waals surface area contributed by atoms with E-state index in [1.807, 2.05) is 12.1 Å². The first-order valence-electron chi connectivity index (χ1n) is 11.1. The van der Waals surface area contributed by atoms with Crippen LogP contribution in [0.3, 0.4) is 0 Å². The Kier molecular flexibility index (Phi) is 6.30. The first-order valence-corrected chi connectivity index (χ1v) is 11.1. The van der Waals surface area contributed by atoms with Crippen LogP contribution < -0.4 is 16.0 Å². The molecule has 152 valence electrons. The van der Waals surface area contributed by atoms with E-state index in [9.17, 15) is 9.59 Å². The summed E-state index contributed by atoms with van der Waals surface area (Å²) in [5, 5.41) is 9.76. The Hall–Kier alpha value is -1.88. The molecule has 1 atom stereocenters. The predicted molar refractivity (Wildman–Crippen MR) is 110 cm³/mol. The van der Waals surface area contributed by atoms with Crippen LogP contribution in [0.5, 0.6) is 0 Å². The Balaban J connectivity index is 1.17. The summed E-state index contributed by atoms with van der Waals surface area (Å²) in [4.78, 5) is 25.0. The van der Waals surface area contributed by atoms with Gasteiger partial charge in [0.1, 0.15) is 0 Å². The quantitative estimate of drug-likeness (QED) is 0.732. The molecule has 0 spiro atoms. The van der Waals surface area contributed by atoms with E-state index in [4.69, 9.17) is 0 Å². The second-order valence-corrected chi connectivity index (χ2v) is 8.86. The number of amides is 2. The van der Waals surface area contributed by atoms with Crippen molar-refractivity contribution in [3.05, 3.63) is 35.4 Å². The highest BCUT2D eigenvalue weighted by Gasteiger charge is 2.29. The minimum absolute atomic E-state index is 0.107. The summed E-state index contributed by atoms with van der Waals surface area (Å²) in [7, 11) is 0. The van der Waals surface area contributed by atoms with Crippen LogP contribution in [0.4, 0.5) is 0 Å². The first kappa shape index (κ1) is 19.4. The third-order valence-electron chi connectivity index (χ3n) is 6.88. The van der Waals surface area contributed by atoms with Gasteiger partial charge in [-0.15, -0.1) is 0 Å². The molecular weight excluding hydrogens is 350 g/mol. The van der Waals surface area contributed by atoms with Crippen LogP contribution in [0.2, 0.25) is 0 Å². The average Bonchev–Trinajstić information content (AvgIpc) is 3.25. The molecule has 0 aromatic heterocycles. The van der Waals surface area contributed by atoms with Crippen molar-refractivity contribution in [2.75, 3.05) is 6.54 Å². The average molecular weight is 384 g/mol. The molecule has 3 aliphatic rings. The molecule has 5 heteroatoms. The number of nitrogens with one attached hydrogen (secondary N) is 3. The number of fused-ring (bicyclic) bond motifs is 1. The molecule has 1 aromatic rings. The van der Waals surface area contributed by atoms with Crippen molar-refractivity contribution in [3.8, 4) is 0 Å². The van der Waals surface area contributed by atoms with Gasteiger partial charge in [-0.2, -0.15) is 0 Å². The van der Waals surface area contributed by atoms with E-state index in [0.29, 0.717) is 12.0 Å². The second-order valence-electron chi connectivity index (χ2n) is 8.86. The SMILES string of the molecule is O=C(NC1CCCC1)C1CCC(CNC(=O)[C@H]2Cc3ccccc3CN2)CC1. The molecule has 2 aliphatic carbocycles. The minimum Gasteiger partial charge on any atom is -0.354 e. The van der Waals surface area contributed by atoms with E-state index in [0.717, 1.165) is 58.0 Å². The highest BCUT2D eigenvalue weighted by molar-refractivity contribution is 5.82. The monoisotopic (exact) mass is 383 g/mol. The zero-order valence-corrected chi connectivity index (χ0v) is 16.7. The summed E-state index contributed by atoms with van der Waals surface area (Å²) >= 11 is 0. The van der Waals surface area contributed by atoms with Crippen LogP contribution in [0.15, 0.2) is 24.3 Å². The number of carbonyl (C=O) groups excluding carboxylic acids is 2. The van der Waals surface area contributed by atoms with Crippen LogP contribution >= 0.6 is 0 Å². The lowest BCUT2D eigenvalue weighted by molar-refractivity contribution is -0.127. The molecule has 2 amide bonds. The van der Waals surface area contributed by atoms with E-state index in [1.165, 1.54) is 24.0 Å². The number of rotatable bonds is 5. The molecule has 4 rings (SSSR count). The van der Waals surface area contributed by atoms with Crippen molar-refractivity contribution in [1.82, 2.24) is 16.0 Å². The van der Waals surface area contributed by atoms with Crippen molar-refractivity contribution < 1.29 is 9.59 Å². The molecule has 0 bridgehead atoms. The standard InChI is InChI=1S/C23H33N3O2/c27-22(26-20-7-3-4-8-20)17-11-9-16(10-12-17)14-25-23(28)21-13-18-5-1-2-6-19(18)15-24-21/h1-2,5-6,16-17,20-21,24H,3-4,7-15H2,(H,25,28)(H,26,27)/t16?,17?,21-/m1/s1. The molecule has 2 fully saturated rings. The third kappa shape index (κ3) is 4.75. The molecule has 0 unspecified atom stereocenters. The molecule has 1 aromatic carbocycles. The van der Waals surface area contributed by atoms with Crippen molar-refractivity contribution in [2.24, 2.45) is 11.8 Å². The second kappa shape index (κ2) is 9.08. The zero-order chi connectivity index (χ0) is 19.3. The van der Waals surface area contributed by atoms with Crippen molar-refractivity contribution in [1.29, 1.82) is 0 Å². The molecule has 1 aliphatic heterocycles. The molecule has 0 radical (unpaired) electrons. The van der Waals surface area contributed by atoms with Gasteiger partial charge < -0.3 is 16.0 Å². The Bertz CT molecular complexity index is 691. The fourth-order valence-corrected chi connectivity index (χ4v) is 5.03. The van der Waals surface area contributed by atoms with Gasteiger partial charge in [0.25, 0.3) is 0 Å². The number of hydrogen-bond donors (Lipinski definition) is 3. The van der Waals surface area contributed by atoms with Gasteiger partial charge in [-0.3, -0.25) is 9.59 Å². The lowest BCUT2D eigenvalue weighted by Gasteiger charge is -2.30. The maximum atomic E-state index is 12.6. The molecule has 1 heterocycles. The molecule has 5 nitrogen and oxygen atoms in total. The maximum Gasteiger partial charge on any atom is 0.237 e. The lowest BCUT2D eigenvalue weighted by atomic mass is 9.81. The highest BCUT2D eigenvalue weighted by Crippen LogP contribution is 2.29. The van der Waals surface area contributed by atoms with Crippen molar-refractivity contribution >= 4 is 11.8 Å². The smallest absolute Gasteiger partial charge is 0.237 e. The molecule has 28 heavy (non-hydrogen) atoms. The van der Waals surface area contributed by atoms with Crippen LogP contribution in [0.25, 0.3) is 0 Å². The van der Waals surface area contributed by atoms with Gasteiger partial charge >= 0.3 is 0 Å². The fraction of sp³-hybridized carbons (Fsp3) is 0.652. The third-order valence-corrected chi connectivity index (χ3v) is 6.88. The van der Waals surface area contributed by atoms with Crippen LogP contribution in [0, 0.1) is 11.8 Å². The first-order chi connectivity index (χ1) is 13.7. The normalized spacial score (nSPS) is 27.8. The largest absolute Gasteiger partial charge is 0.354 e. The molecule has 0 saturated heterocycles. The lowest BCUT2D eigenvalue weighted by Crippen LogP contribution is -2.48. The Morgan fingerprint density at radius 2 is 1.64 bits per heavy atom. The van der Waals surface area contributed by atoms with Gasteiger partial charge in [0.05, 0.1) is 6.04 Å². The van der Waals surface area contributed by atoms with Crippen molar-refractivity contribution in [2.45, 2.75) is 76.4 Å². The Morgan fingerprint density at radius 1 is 0.929 bits per heavy atom. The van der Waals surface area contributed by atoms with Crippen LogP contribution in [0.1, 0.15) is 62.5 Å². The van der Waals surface area contributed by atoms with Gasteiger partial charge in [0.2, 0.25) is 11.8 Å². The molecular formula is C23H33N3O2. The van der Waals surface area contributed by atoms with Crippen LogP contribution in [-0.2, 0) is 22.6 Å².